The monoisotopic (exact) mass is 986 g/mol. The number of ether oxygens (including phenoxy) is 1. The summed E-state index contributed by atoms with van der Waals surface area (Å²) in [4.78, 5) is 30.6. The number of halogens is 2. The summed E-state index contributed by atoms with van der Waals surface area (Å²) in [5, 5.41) is 14.5. The first-order valence-electron chi connectivity index (χ1n) is 22.5. The molecule has 11 rings (SSSR count). The van der Waals surface area contributed by atoms with E-state index < -0.39 is 45.1 Å². The summed E-state index contributed by atoms with van der Waals surface area (Å²) in [6, 6.07) is 69.8. The Bertz CT molecular complexity index is 2480. The van der Waals surface area contributed by atoms with E-state index >= 15 is 0 Å². The number of aromatic carboxylic acids is 1. The van der Waals surface area contributed by atoms with Gasteiger partial charge >= 0.3 is 17.2 Å². The van der Waals surface area contributed by atoms with Crippen molar-refractivity contribution in [1.29, 1.82) is 0 Å². The van der Waals surface area contributed by atoms with Gasteiger partial charge in [0.15, 0.2) is 46.1 Å². The van der Waals surface area contributed by atoms with Crippen LogP contribution in [0.25, 0.3) is 0 Å². The van der Waals surface area contributed by atoms with Crippen LogP contribution in [0.4, 0.5) is 8.78 Å². The molecular weight excluding hydrogens is 935 g/mol. The Kier molecular flexibility index (Phi) is 17.1. The van der Waals surface area contributed by atoms with Gasteiger partial charge in [-0.15, -0.1) is 0 Å². The lowest BCUT2D eigenvalue weighted by Gasteiger charge is -2.55. The third-order valence-electron chi connectivity index (χ3n) is 12.2. The highest BCUT2D eigenvalue weighted by atomic mass is 32.2. The van der Waals surface area contributed by atoms with Crippen LogP contribution < -0.4 is 5.11 Å². The Labute approximate surface area is 408 Å². The number of esters is 1. The molecule has 7 aromatic rings. The number of carbonyl (C=O) groups excluding carboxylic acids is 1. The topological polar surface area (TPSA) is 144 Å². The predicted molar refractivity (Wildman–Crippen MR) is 262 cm³/mol. The van der Waals surface area contributed by atoms with E-state index in [-0.39, 0.29) is 27.4 Å². The molecule has 13 heteroatoms. The molecule has 4 aliphatic carbocycles. The molecule has 0 spiro atoms. The number of carboxylic acids is 1. The summed E-state index contributed by atoms with van der Waals surface area (Å²) in [5.74, 6) is -1.07. The molecule has 4 aliphatic rings. The van der Waals surface area contributed by atoms with Crippen LogP contribution in [0.2, 0.25) is 0 Å². The zero-order chi connectivity index (χ0) is 48.9. The van der Waals surface area contributed by atoms with Gasteiger partial charge in [0.2, 0.25) is 0 Å². The molecule has 7 aromatic carbocycles. The number of hydrogen-bond acceptors (Lipinski definition) is 7. The molecule has 0 atom stereocenters. The Morgan fingerprint density at radius 3 is 1.06 bits per heavy atom. The van der Waals surface area contributed by atoms with E-state index in [0.29, 0.717) is 37.0 Å². The first kappa shape index (κ1) is 50.6. The Morgan fingerprint density at radius 1 is 0.536 bits per heavy atom. The summed E-state index contributed by atoms with van der Waals surface area (Å²) in [6.07, 6.45) is 5.14. The van der Waals surface area contributed by atoms with Crippen molar-refractivity contribution in [2.24, 2.45) is 23.2 Å². The fourth-order valence-electron chi connectivity index (χ4n) is 9.53. The first-order chi connectivity index (χ1) is 33.2. The number of para-hydroxylation sites is 1. The van der Waals surface area contributed by atoms with Crippen LogP contribution in [0.1, 0.15) is 48.9 Å². The third kappa shape index (κ3) is 13.3. The molecule has 0 heterocycles. The minimum atomic E-state index is -5.81. The lowest BCUT2D eigenvalue weighted by atomic mass is 9.49. The fourth-order valence-corrected chi connectivity index (χ4v) is 13.9. The van der Waals surface area contributed by atoms with E-state index in [1.54, 1.807) is 0 Å². The van der Waals surface area contributed by atoms with E-state index in [0.717, 1.165) is 19.3 Å². The van der Waals surface area contributed by atoms with Crippen LogP contribution in [0.15, 0.2) is 236 Å². The van der Waals surface area contributed by atoms with E-state index in [1.807, 2.05) is 0 Å². The molecule has 69 heavy (non-hydrogen) atoms. The second-order valence-electron chi connectivity index (χ2n) is 17.2. The average Bonchev–Trinajstić information content (AvgIpc) is 3.35. The predicted octanol–water partition coefficient (Wildman–Crippen LogP) is 11.9. The molecule has 0 radical (unpaired) electrons. The normalized spacial score (nSPS) is 18.9. The molecule has 356 valence electrons. The quantitative estimate of drug-likeness (QED) is 0.0766. The van der Waals surface area contributed by atoms with E-state index in [1.165, 1.54) is 53.6 Å². The summed E-state index contributed by atoms with van der Waals surface area (Å²) in [7, 11) is -5.84. The molecule has 0 unspecified atom stereocenters. The van der Waals surface area contributed by atoms with Crippen LogP contribution in [0.5, 0.6) is 5.75 Å². The molecule has 0 saturated heterocycles. The number of hydrogen-bond donors (Lipinski definition) is 1. The maximum absolute atomic E-state index is 13.1. The van der Waals surface area contributed by atoms with E-state index in [2.05, 4.69) is 187 Å². The van der Waals surface area contributed by atoms with Crippen LogP contribution in [-0.4, -0.2) is 41.9 Å². The van der Waals surface area contributed by atoms with Crippen LogP contribution in [-0.2, 0) is 41.4 Å². The molecule has 0 aromatic heterocycles. The van der Waals surface area contributed by atoms with Crippen molar-refractivity contribution in [3.8, 4) is 5.75 Å². The van der Waals surface area contributed by atoms with Gasteiger partial charge in [-0.3, -0.25) is 4.79 Å². The Hall–Kier alpha value is -6.25. The second-order valence-corrected chi connectivity index (χ2v) is 22.7. The van der Waals surface area contributed by atoms with Gasteiger partial charge in [0, 0.05) is 0 Å². The molecule has 8 nitrogen and oxygen atoms in total. The van der Waals surface area contributed by atoms with Crippen LogP contribution >= 0.6 is 0 Å². The highest BCUT2D eigenvalue weighted by Crippen LogP contribution is 2.60. The molecule has 0 amide bonds. The minimum absolute atomic E-state index is 0.0146. The molecular formula is C56H52F2O8S3. The maximum Gasteiger partial charge on any atom is 0.367 e. The zero-order valence-corrected chi connectivity index (χ0v) is 40.0. The number of alkyl halides is 2. The first-order valence-corrected chi connectivity index (χ1v) is 26.4. The van der Waals surface area contributed by atoms with Gasteiger partial charge in [0.05, 0.1) is 32.8 Å². The zero-order valence-electron chi connectivity index (χ0n) is 37.6. The van der Waals surface area contributed by atoms with Gasteiger partial charge in [-0.05, 0) is 135 Å². The van der Waals surface area contributed by atoms with Crippen molar-refractivity contribution in [2.75, 3.05) is 6.61 Å². The molecule has 4 saturated carbocycles. The summed E-state index contributed by atoms with van der Waals surface area (Å²) >= 11 is 0. The van der Waals surface area contributed by atoms with E-state index in [4.69, 9.17) is 5.11 Å². The highest BCUT2D eigenvalue weighted by molar-refractivity contribution is 7.97. The molecule has 1 N–H and O–H groups in total. The van der Waals surface area contributed by atoms with Gasteiger partial charge in [-0.25, -0.2) is 13.2 Å². The SMILES string of the molecule is O=C(O)c1ccccc1[O-].O=C(OCC(F)(F)S(=O)(=O)[O-])C12CC3CC(CC(C3)C1)C2.c1ccc([S+](c2ccccc2)c2ccccc2)cc1.c1ccc([S+](c2ccccc2)c2ccccc2)cc1. The largest absolute Gasteiger partial charge is 0.872 e. The molecule has 4 fully saturated rings. The summed E-state index contributed by atoms with van der Waals surface area (Å²) in [6.45, 7) is -1.68. The average molecular weight is 987 g/mol. The van der Waals surface area contributed by atoms with Crippen molar-refractivity contribution in [2.45, 2.75) is 73.2 Å². The van der Waals surface area contributed by atoms with Gasteiger partial charge in [0.1, 0.15) is 0 Å². The standard InChI is InChI=1S/2C18H15S.C13H18F2O5S.C7H6O3/c2*1-4-10-16(11-5-1)19(17-12-6-2-7-13-17)18-14-8-3-9-15-18;14-13(15,21(17,18)19)7-20-11(16)12-4-8-1-9(5-12)3-10(2-8)6-12;8-6-4-2-1-3-5(6)7(9)10/h2*1-15H;8-10H,1-7H2,(H,17,18,19);1-4,8H,(H,9,10)/q2*+1;;/p-2. The number of benzene rings is 7. The minimum Gasteiger partial charge on any atom is -0.872 e. The van der Waals surface area contributed by atoms with Crippen molar-refractivity contribution in [1.82, 2.24) is 0 Å². The van der Waals surface area contributed by atoms with Crippen LogP contribution in [0.3, 0.4) is 0 Å². The van der Waals surface area contributed by atoms with Gasteiger partial charge in [0.25, 0.3) is 0 Å². The molecule has 0 aliphatic heterocycles. The van der Waals surface area contributed by atoms with Crippen molar-refractivity contribution >= 4 is 43.8 Å². The van der Waals surface area contributed by atoms with Crippen molar-refractivity contribution in [3.05, 3.63) is 212 Å². The van der Waals surface area contributed by atoms with Crippen molar-refractivity contribution < 1.29 is 46.3 Å². The van der Waals surface area contributed by atoms with Crippen LogP contribution in [0, 0.1) is 23.2 Å². The smallest absolute Gasteiger partial charge is 0.367 e. The number of carboxylic acid groups (broad SMARTS) is 1. The second kappa shape index (κ2) is 23.4. The number of rotatable bonds is 11. The molecule has 4 bridgehead atoms. The highest BCUT2D eigenvalue weighted by Gasteiger charge is 2.56. The van der Waals surface area contributed by atoms with Crippen molar-refractivity contribution in [3.63, 3.8) is 0 Å². The lowest BCUT2D eigenvalue weighted by molar-refractivity contribution is -0.268. The number of carbonyl (C=O) groups is 2. The Morgan fingerprint density at radius 2 is 0.812 bits per heavy atom. The lowest BCUT2D eigenvalue weighted by Crippen LogP contribution is -2.51. The van der Waals surface area contributed by atoms with Gasteiger partial charge in [-0.2, -0.15) is 8.78 Å². The fraction of sp³-hybridized carbons (Fsp3) is 0.214. The van der Waals surface area contributed by atoms with E-state index in [9.17, 15) is 36.4 Å². The van der Waals surface area contributed by atoms with Gasteiger partial charge in [-0.1, -0.05) is 133 Å². The summed E-state index contributed by atoms with van der Waals surface area (Å²) in [5.41, 5.74) is -0.917. The third-order valence-corrected chi connectivity index (χ3v) is 17.5. The van der Waals surface area contributed by atoms with Gasteiger partial charge < -0.3 is 19.5 Å². The summed E-state index contributed by atoms with van der Waals surface area (Å²) < 4.78 is 62.0. The Balaban J connectivity index is 0.000000140. The maximum atomic E-state index is 13.1.